The molecule has 1 atom stereocenters. The fraction of sp³-hybridized carbons (Fsp3) is 0.222. The Balaban J connectivity index is 1.62. The third-order valence-corrected chi connectivity index (χ3v) is 3.65. The number of nitrogens with one attached hydrogen (secondary N) is 2. The summed E-state index contributed by atoms with van der Waals surface area (Å²) < 4.78 is 5.36. The molecule has 0 bridgehead atoms. The molecule has 23 heavy (non-hydrogen) atoms. The van der Waals surface area contributed by atoms with Gasteiger partial charge in [0.15, 0.2) is 0 Å². The lowest BCUT2D eigenvalue weighted by Gasteiger charge is -2.11. The maximum Gasteiger partial charge on any atom is 0.253 e. The number of hydrogen-bond acceptors (Lipinski definition) is 4. The van der Waals surface area contributed by atoms with Crippen LogP contribution in [0.2, 0.25) is 0 Å². The van der Waals surface area contributed by atoms with Crippen LogP contribution >= 0.6 is 0 Å². The summed E-state index contributed by atoms with van der Waals surface area (Å²) >= 11 is 0. The van der Waals surface area contributed by atoms with Crippen molar-refractivity contribution < 1.29 is 9.53 Å². The summed E-state index contributed by atoms with van der Waals surface area (Å²) in [5, 5.41) is 15.0. The maximum atomic E-state index is 12.0. The van der Waals surface area contributed by atoms with Crippen LogP contribution in [0.15, 0.2) is 48.5 Å². The molecule has 1 heterocycles. The lowest BCUT2D eigenvalue weighted by molar-refractivity contribution is -0.124. The van der Waals surface area contributed by atoms with Gasteiger partial charge in [0.2, 0.25) is 0 Å². The zero-order chi connectivity index (χ0) is 16.1. The van der Waals surface area contributed by atoms with Crippen LogP contribution in [-0.2, 0) is 9.53 Å². The molecule has 1 fully saturated rings. The smallest absolute Gasteiger partial charge is 0.253 e. The Morgan fingerprint density at radius 3 is 2.61 bits per heavy atom. The van der Waals surface area contributed by atoms with Gasteiger partial charge in [-0.15, -0.1) is 0 Å². The Bertz CT molecular complexity index is 729. The van der Waals surface area contributed by atoms with Crippen LogP contribution < -0.4 is 10.6 Å². The van der Waals surface area contributed by atoms with Crippen molar-refractivity contribution in [2.24, 2.45) is 0 Å². The van der Waals surface area contributed by atoms with Crippen LogP contribution in [0.4, 0.5) is 17.1 Å². The van der Waals surface area contributed by atoms with Crippen molar-refractivity contribution in [3.05, 3.63) is 54.1 Å². The molecule has 0 aromatic heterocycles. The minimum Gasteiger partial charge on any atom is -0.368 e. The predicted molar refractivity (Wildman–Crippen MR) is 88.5 cm³/mol. The summed E-state index contributed by atoms with van der Waals surface area (Å²) in [5.74, 6) is -0.0927. The van der Waals surface area contributed by atoms with Gasteiger partial charge in [-0.2, -0.15) is 5.26 Å². The molecule has 2 aromatic carbocycles. The van der Waals surface area contributed by atoms with Crippen LogP contribution in [0.25, 0.3) is 0 Å². The van der Waals surface area contributed by atoms with E-state index in [1.54, 1.807) is 12.1 Å². The monoisotopic (exact) mass is 307 g/mol. The summed E-state index contributed by atoms with van der Waals surface area (Å²) in [5.41, 5.74) is 3.08. The van der Waals surface area contributed by atoms with Crippen LogP contribution in [0, 0.1) is 11.3 Å². The Kier molecular flexibility index (Phi) is 4.55. The minimum atomic E-state index is -0.332. The average molecular weight is 307 g/mol. The number of carbonyl (C=O) groups is 1. The number of rotatable bonds is 4. The Hall–Kier alpha value is -2.84. The molecule has 3 rings (SSSR count). The second-order valence-corrected chi connectivity index (χ2v) is 5.39. The molecule has 2 N–H and O–H groups in total. The largest absolute Gasteiger partial charge is 0.368 e. The highest BCUT2D eigenvalue weighted by atomic mass is 16.5. The van der Waals surface area contributed by atoms with Crippen LogP contribution in [0.5, 0.6) is 0 Å². The van der Waals surface area contributed by atoms with Gasteiger partial charge in [0.1, 0.15) is 6.10 Å². The first-order valence-corrected chi connectivity index (χ1v) is 7.54. The lowest BCUT2D eigenvalue weighted by Crippen LogP contribution is -2.26. The van der Waals surface area contributed by atoms with E-state index in [1.165, 1.54) is 0 Å². The van der Waals surface area contributed by atoms with E-state index in [2.05, 4.69) is 16.7 Å². The quantitative estimate of drug-likeness (QED) is 0.907. The van der Waals surface area contributed by atoms with Gasteiger partial charge < -0.3 is 15.4 Å². The summed E-state index contributed by atoms with van der Waals surface area (Å²) in [4.78, 5) is 12.0. The molecule has 1 aliphatic rings. The van der Waals surface area contributed by atoms with Crippen molar-refractivity contribution >= 4 is 23.0 Å². The van der Waals surface area contributed by atoms with Crippen molar-refractivity contribution in [1.29, 1.82) is 5.26 Å². The fourth-order valence-corrected chi connectivity index (χ4v) is 2.48. The normalized spacial score (nSPS) is 16.6. The maximum absolute atomic E-state index is 12.0. The van der Waals surface area contributed by atoms with Crippen LogP contribution in [0.3, 0.4) is 0 Å². The molecule has 0 saturated carbocycles. The first-order chi connectivity index (χ1) is 11.2. The van der Waals surface area contributed by atoms with Crippen LogP contribution in [-0.4, -0.2) is 18.6 Å². The molecular weight excluding hydrogens is 290 g/mol. The zero-order valence-corrected chi connectivity index (χ0v) is 12.6. The van der Waals surface area contributed by atoms with Gasteiger partial charge in [0.25, 0.3) is 5.91 Å². The highest BCUT2D eigenvalue weighted by molar-refractivity contribution is 5.94. The Morgan fingerprint density at radius 2 is 1.91 bits per heavy atom. The highest BCUT2D eigenvalue weighted by Crippen LogP contribution is 2.21. The molecule has 1 unspecified atom stereocenters. The molecule has 1 saturated heterocycles. The summed E-state index contributed by atoms with van der Waals surface area (Å²) in [7, 11) is 0. The van der Waals surface area contributed by atoms with E-state index in [4.69, 9.17) is 10.00 Å². The molecule has 5 heteroatoms. The fourth-order valence-electron chi connectivity index (χ4n) is 2.48. The van der Waals surface area contributed by atoms with E-state index >= 15 is 0 Å². The van der Waals surface area contributed by atoms with Gasteiger partial charge >= 0.3 is 0 Å². The van der Waals surface area contributed by atoms with Crippen molar-refractivity contribution in [3.63, 3.8) is 0 Å². The average Bonchev–Trinajstić information content (AvgIpc) is 3.11. The lowest BCUT2D eigenvalue weighted by atomic mass is 10.2. The predicted octanol–water partition coefficient (Wildman–Crippen LogP) is 3.42. The van der Waals surface area contributed by atoms with Gasteiger partial charge in [0, 0.05) is 23.7 Å². The van der Waals surface area contributed by atoms with Crippen molar-refractivity contribution in [3.8, 4) is 6.07 Å². The molecule has 1 amide bonds. The van der Waals surface area contributed by atoms with Gasteiger partial charge in [-0.1, -0.05) is 6.07 Å². The van der Waals surface area contributed by atoms with E-state index in [0.717, 1.165) is 29.9 Å². The summed E-state index contributed by atoms with van der Waals surface area (Å²) in [6.45, 7) is 0.655. The molecular formula is C18H17N3O2. The van der Waals surface area contributed by atoms with E-state index in [0.29, 0.717) is 12.2 Å². The third kappa shape index (κ3) is 3.87. The number of amides is 1. The Labute approximate surface area is 134 Å². The molecule has 0 aliphatic carbocycles. The number of carbonyl (C=O) groups excluding carboxylic acids is 1. The van der Waals surface area contributed by atoms with Gasteiger partial charge in [-0.25, -0.2) is 0 Å². The molecule has 1 aliphatic heterocycles. The molecule has 5 nitrogen and oxygen atoms in total. The van der Waals surface area contributed by atoms with E-state index in [1.807, 2.05) is 36.4 Å². The topological polar surface area (TPSA) is 74.2 Å². The van der Waals surface area contributed by atoms with Crippen LogP contribution in [0.1, 0.15) is 18.4 Å². The van der Waals surface area contributed by atoms with E-state index < -0.39 is 0 Å². The zero-order valence-electron chi connectivity index (χ0n) is 12.6. The summed E-state index contributed by atoms with van der Waals surface area (Å²) in [6.07, 6.45) is 1.38. The van der Waals surface area contributed by atoms with Crippen molar-refractivity contribution in [2.45, 2.75) is 18.9 Å². The number of hydrogen-bond donors (Lipinski definition) is 2. The first kappa shape index (κ1) is 15.1. The van der Waals surface area contributed by atoms with Crippen molar-refractivity contribution in [2.75, 3.05) is 17.2 Å². The van der Waals surface area contributed by atoms with Crippen molar-refractivity contribution in [1.82, 2.24) is 0 Å². The second kappa shape index (κ2) is 6.95. The van der Waals surface area contributed by atoms with Gasteiger partial charge in [0.05, 0.1) is 11.6 Å². The SMILES string of the molecule is N#Cc1cccc(Nc2ccc(NC(=O)C3CCCO3)cc2)c1. The first-order valence-electron chi connectivity index (χ1n) is 7.54. The molecule has 0 spiro atoms. The van der Waals surface area contributed by atoms with E-state index in [-0.39, 0.29) is 12.0 Å². The standard InChI is InChI=1S/C18H17N3O2/c19-12-13-3-1-4-16(11-13)20-14-6-8-15(9-7-14)21-18(22)17-5-2-10-23-17/h1,3-4,6-9,11,17,20H,2,5,10H2,(H,21,22). The number of anilines is 3. The number of nitrogens with zero attached hydrogens (tertiary/aromatic N) is 1. The van der Waals surface area contributed by atoms with Gasteiger partial charge in [-0.3, -0.25) is 4.79 Å². The van der Waals surface area contributed by atoms with Gasteiger partial charge in [-0.05, 0) is 55.3 Å². The third-order valence-electron chi connectivity index (χ3n) is 3.65. The molecule has 116 valence electrons. The van der Waals surface area contributed by atoms with E-state index in [9.17, 15) is 4.79 Å². The molecule has 2 aromatic rings. The number of ether oxygens (including phenoxy) is 1. The number of benzene rings is 2. The highest BCUT2D eigenvalue weighted by Gasteiger charge is 2.23. The summed E-state index contributed by atoms with van der Waals surface area (Å²) in [6, 6.07) is 16.8. The number of nitriles is 1. The Morgan fingerprint density at radius 1 is 1.13 bits per heavy atom. The minimum absolute atomic E-state index is 0.0927. The molecule has 0 radical (unpaired) electrons. The second-order valence-electron chi connectivity index (χ2n) is 5.39.